The molecule has 3 nitrogen and oxygen atoms in total. The fourth-order valence-corrected chi connectivity index (χ4v) is 0.456. The Kier molecular flexibility index (Phi) is 10.8. The number of alkyl halides is 1. The lowest BCUT2D eigenvalue weighted by Crippen LogP contribution is -1.91. The highest BCUT2D eigenvalue weighted by molar-refractivity contribution is 6.19. The first-order valence-corrected chi connectivity index (χ1v) is 3.46. The zero-order valence-electron chi connectivity index (χ0n) is 6.17. The molecule has 2 N–H and O–H groups in total. The topological polar surface area (TPSA) is 57.5 Å². The minimum absolute atomic E-state index is 0.630. The van der Waals surface area contributed by atoms with Gasteiger partial charge in [-0.1, -0.05) is 24.9 Å². The molecule has 0 aliphatic heterocycles. The normalized spacial score (nSPS) is 11.2. The second kappa shape index (κ2) is 8.72. The summed E-state index contributed by atoms with van der Waals surface area (Å²) in [6, 6.07) is 0. The molecule has 0 spiro atoms. The third-order valence-electron chi connectivity index (χ3n) is 0.527. The van der Waals surface area contributed by atoms with Crippen LogP contribution in [0.4, 0.5) is 0 Å². The predicted molar refractivity (Wildman–Crippen MR) is 40.1 cm³/mol. The largest absolute Gasteiger partial charge is 0.481 e. The van der Waals surface area contributed by atoms with Crippen molar-refractivity contribution in [2.45, 2.75) is 32.3 Å². The minimum Gasteiger partial charge on any atom is -0.481 e. The van der Waals surface area contributed by atoms with Gasteiger partial charge in [-0.2, -0.15) is 0 Å². The van der Waals surface area contributed by atoms with Crippen molar-refractivity contribution in [3.8, 4) is 0 Å². The lowest BCUT2D eigenvalue weighted by atomic mass is 10.4. The minimum atomic E-state index is -0.833. The van der Waals surface area contributed by atoms with Crippen molar-refractivity contribution in [1.29, 1.82) is 0 Å². The Morgan fingerprint density at radius 2 is 2.00 bits per heavy atom. The summed E-state index contributed by atoms with van der Waals surface area (Å²) in [5.41, 5.74) is -0.630. The van der Waals surface area contributed by atoms with Crippen LogP contribution in [0, 0.1) is 0 Å². The molecule has 10 heavy (non-hydrogen) atoms. The number of aliphatic hydroxyl groups is 1. The smallest absolute Gasteiger partial charge is 0.300 e. The van der Waals surface area contributed by atoms with Gasteiger partial charge in [-0.15, -0.1) is 0 Å². The second-order valence-electron chi connectivity index (χ2n) is 1.74. The number of aliphatic carboxylic acids is 1. The Balaban J connectivity index is 0. The molecular weight excluding hydrogens is 156 g/mol. The van der Waals surface area contributed by atoms with E-state index in [2.05, 4.69) is 0 Å². The van der Waals surface area contributed by atoms with Crippen LogP contribution < -0.4 is 0 Å². The van der Waals surface area contributed by atoms with Crippen molar-refractivity contribution in [3.63, 3.8) is 0 Å². The van der Waals surface area contributed by atoms with Gasteiger partial charge in [-0.3, -0.25) is 4.79 Å². The van der Waals surface area contributed by atoms with Gasteiger partial charge >= 0.3 is 0 Å². The first kappa shape index (κ1) is 12.4. The van der Waals surface area contributed by atoms with E-state index in [9.17, 15) is 0 Å². The number of carboxylic acids is 1. The maximum Gasteiger partial charge on any atom is 0.300 e. The fraction of sp³-hybridized carbons (Fsp3) is 0.833. The number of carbonyl (C=O) groups is 1. The van der Waals surface area contributed by atoms with Crippen LogP contribution in [0.1, 0.15) is 26.7 Å². The van der Waals surface area contributed by atoms with Crippen molar-refractivity contribution < 1.29 is 15.0 Å². The quantitative estimate of drug-likeness (QED) is 0.614. The molecule has 62 valence electrons. The summed E-state index contributed by atoms with van der Waals surface area (Å²) in [6.45, 7) is 3.06. The molecule has 0 fully saturated rings. The first-order chi connectivity index (χ1) is 4.50. The highest BCUT2D eigenvalue weighted by Crippen LogP contribution is 1.97. The molecule has 4 heteroatoms. The summed E-state index contributed by atoms with van der Waals surface area (Å²) in [4.78, 5) is 9.00. The summed E-state index contributed by atoms with van der Waals surface area (Å²) in [6.07, 6.45) is 1.65. The van der Waals surface area contributed by atoms with Crippen LogP contribution in [0.3, 0.4) is 0 Å². The van der Waals surface area contributed by atoms with E-state index in [1.54, 1.807) is 0 Å². The monoisotopic (exact) mass is 168 g/mol. The number of hydrogen-bond donors (Lipinski definition) is 2. The molecular formula is C6H13ClO3. The number of rotatable bonds is 2. The van der Waals surface area contributed by atoms with E-state index in [1.165, 1.54) is 0 Å². The van der Waals surface area contributed by atoms with Gasteiger partial charge in [0.05, 0.1) is 0 Å². The molecule has 0 aliphatic carbocycles. The SMILES string of the molecule is CC(=O)O.CCCC(O)Cl. The van der Waals surface area contributed by atoms with E-state index in [-0.39, 0.29) is 0 Å². The zero-order valence-corrected chi connectivity index (χ0v) is 6.93. The summed E-state index contributed by atoms with van der Waals surface area (Å²) < 4.78 is 0. The van der Waals surface area contributed by atoms with Crippen LogP contribution in [0.15, 0.2) is 0 Å². The van der Waals surface area contributed by atoms with Crippen molar-refractivity contribution >= 4 is 17.6 Å². The van der Waals surface area contributed by atoms with Gasteiger partial charge < -0.3 is 10.2 Å². The van der Waals surface area contributed by atoms with E-state index in [0.717, 1.165) is 13.3 Å². The van der Waals surface area contributed by atoms with Crippen LogP contribution >= 0.6 is 11.6 Å². The third-order valence-corrected chi connectivity index (χ3v) is 0.745. The second-order valence-corrected chi connectivity index (χ2v) is 2.25. The molecule has 0 radical (unpaired) electrons. The van der Waals surface area contributed by atoms with Gasteiger partial charge in [0, 0.05) is 6.92 Å². The van der Waals surface area contributed by atoms with Gasteiger partial charge in [0.25, 0.3) is 5.97 Å². The van der Waals surface area contributed by atoms with Gasteiger partial charge in [0.1, 0.15) is 5.56 Å². The predicted octanol–water partition coefficient (Wildman–Crippen LogP) is 1.43. The third kappa shape index (κ3) is 47.1. The average Bonchev–Trinajstić information content (AvgIpc) is 1.62. The number of hydrogen-bond acceptors (Lipinski definition) is 2. The van der Waals surface area contributed by atoms with Gasteiger partial charge in [0.2, 0.25) is 0 Å². The molecule has 1 unspecified atom stereocenters. The summed E-state index contributed by atoms with van der Waals surface area (Å²) in [5.74, 6) is -0.833. The Hall–Kier alpha value is -0.280. The van der Waals surface area contributed by atoms with Crippen molar-refractivity contribution in [3.05, 3.63) is 0 Å². The lowest BCUT2D eigenvalue weighted by Gasteiger charge is -1.92. The molecule has 0 bridgehead atoms. The van der Waals surface area contributed by atoms with Crippen molar-refractivity contribution in [2.75, 3.05) is 0 Å². The maximum atomic E-state index is 9.00. The standard InChI is InChI=1S/C4H9ClO.C2H4O2/c1-2-3-4(5)6;1-2(3)4/h4,6H,2-3H2,1H3;1H3,(H,3,4). The molecule has 0 amide bonds. The molecule has 0 aromatic rings. The van der Waals surface area contributed by atoms with Crippen LogP contribution in [0.5, 0.6) is 0 Å². The molecule has 1 atom stereocenters. The molecule has 0 heterocycles. The molecule has 0 rings (SSSR count). The summed E-state index contributed by atoms with van der Waals surface area (Å²) >= 11 is 5.13. The Morgan fingerprint density at radius 3 is 2.00 bits per heavy atom. The van der Waals surface area contributed by atoms with Crippen molar-refractivity contribution in [1.82, 2.24) is 0 Å². The average molecular weight is 169 g/mol. The van der Waals surface area contributed by atoms with E-state index < -0.39 is 11.5 Å². The Morgan fingerprint density at radius 1 is 1.70 bits per heavy atom. The number of aliphatic hydroxyl groups excluding tert-OH is 1. The molecule has 0 aromatic carbocycles. The Labute approximate surface area is 65.6 Å². The van der Waals surface area contributed by atoms with Gasteiger partial charge in [-0.25, -0.2) is 0 Å². The molecule has 0 aromatic heterocycles. The first-order valence-electron chi connectivity index (χ1n) is 3.02. The summed E-state index contributed by atoms with van der Waals surface area (Å²) in [7, 11) is 0. The molecule has 0 saturated carbocycles. The van der Waals surface area contributed by atoms with E-state index in [0.29, 0.717) is 6.42 Å². The number of halogens is 1. The molecule has 0 aliphatic rings. The van der Waals surface area contributed by atoms with Crippen molar-refractivity contribution in [2.24, 2.45) is 0 Å². The highest BCUT2D eigenvalue weighted by atomic mass is 35.5. The van der Waals surface area contributed by atoms with E-state index in [1.807, 2.05) is 6.92 Å². The summed E-state index contributed by atoms with van der Waals surface area (Å²) in [5, 5.41) is 15.7. The molecule has 0 saturated heterocycles. The maximum absolute atomic E-state index is 9.00. The van der Waals surface area contributed by atoms with Crippen LogP contribution in [0.2, 0.25) is 0 Å². The van der Waals surface area contributed by atoms with Gasteiger partial charge in [-0.05, 0) is 6.42 Å². The van der Waals surface area contributed by atoms with Crippen LogP contribution in [0.25, 0.3) is 0 Å². The van der Waals surface area contributed by atoms with Crippen LogP contribution in [-0.4, -0.2) is 21.7 Å². The van der Waals surface area contributed by atoms with E-state index >= 15 is 0 Å². The van der Waals surface area contributed by atoms with Gasteiger partial charge in [0.15, 0.2) is 0 Å². The Bertz CT molecular complexity index is 79.1. The zero-order chi connectivity index (χ0) is 8.57. The van der Waals surface area contributed by atoms with E-state index in [4.69, 9.17) is 26.6 Å². The van der Waals surface area contributed by atoms with Crippen LogP contribution in [-0.2, 0) is 4.79 Å². The highest BCUT2D eigenvalue weighted by Gasteiger charge is 1.90. The lowest BCUT2D eigenvalue weighted by molar-refractivity contribution is -0.134. The fourth-order valence-electron chi connectivity index (χ4n) is 0.238. The number of carboxylic acid groups (broad SMARTS) is 1.